The lowest BCUT2D eigenvalue weighted by atomic mass is 10.0. The van der Waals surface area contributed by atoms with Crippen molar-refractivity contribution < 1.29 is 22.0 Å². The number of halogens is 2. The summed E-state index contributed by atoms with van der Waals surface area (Å²) in [5, 5.41) is 0. The van der Waals surface area contributed by atoms with E-state index >= 15 is 0 Å². The van der Waals surface area contributed by atoms with Crippen LogP contribution in [0.3, 0.4) is 0 Å². The van der Waals surface area contributed by atoms with Gasteiger partial charge in [-0.05, 0) is 50.5 Å². The van der Waals surface area contributed by atoms with Crippen molar-refractivity contribution in [2.24, 2.45) is 0 Å². The minimum atomic E-state index is -4.61. The minimum absolute atomic E-state index is 0.135. The standard InChI is InChI=1S/C14H17F2NO3S/c1-10-4-2-3-9-17(10)13(18)11-5-7-12(8-6-11)21(19,20)14(15)16/h5-8,10,14H,2-4,9H2,1H3. The maximum absolute atomic E-state index is 12.4. The van der Waals surface area contributed by atoms with Gasteiger partial charge in [-0.3, -0.25) is 4.79 Å². The molecule has 0 N–H and O–H groups in total. The van der Waals surface area contributed by atoms with E-state index in [9.17, 15) is 22.0 Å². The van der Waals surface area contributed by atoms with Gasteiger partial charge in [-0.1, -0.05) is 0 Å². The van der Waals surface area contributed by atoms with Crippen molar-refractivity contribution in [2.45, 2.75) is 42.9 Å². The lowest BCUT2D eigenvalue weighted by Gasteiger charge is -2.33. The van der Waals surface area contributed by atoms with Gasteiger partial charge < -0.3 is 4.90 Å². The molecule has 1 amide bonds. The molecule has 0 aliphatic carbocycles. The summed E-state index contributed by atoms with van der Waals surface area (Å²) in [5.41, 5.74) is 0.317. The Balaban J connectivity index is 2.21. The Kier molecular flexibility index (Phi) is 4.61. The highest BCUT2D eigenvalue weighted by Crippen LogP contribution is 2.22. The average Bonchev–Trinajstić information content (AvgIpc) is 2.47. The first-order valence-corrected chi connectivity index (χ1v) is 8.32. The topological polar surface area (TPSA) is 54.5 Å². The second-order valence-corrected chi connectivity index (χ2v) is 7.09. The maximum Gasteiger partial charge on any atom is 0.341 e. The molecule has 1 fully saturated rings. The van der Waals surface area contributed by atoms with Crippen molar-refractivity contribution >= 4 is 15.7 Å². The molecule has 0 bridgehead atoms. The first-order chi connectivity index (χ1) is 9.84. The van der Waals surface area contributed by atoms with E-state index in [2.05, 4.69) is 0 Å². The molecule has 1 aromatic rings. The summed E-state index contributed by atoms with van der Waals surface area (Å²) < 4.78 is 47.5. The summed E-state index contributed by atoms with van der Waals surface area (Å²) >= 11 is 0. The monoisotopic (exact) mass is 317 g/mol. The molecule has 2 rings (SSSR count). The first-order valence-electron chi connectivity index (χ1n) is 6.77. The zero-order valence-electron chi connectivity index (χ0n) is 11.6. The van der Waals surface area contributed by atoms with Gasteiger partial charge in [-0.2, -0.15) is 8.78 Å². The fourth-order valence-corrected chi connectivity index (χ4v) is 3.18. The van der Waals surface area contributed by atoms with Crippen LogP contribution in [-0.2, 0) is 9.84 Å². The smallest absolute Gasteiger partial charge is 0.336 e. The number of carbonyl (C=O) groups excluding carboxylic acids is 1. The Hall–Kier alpha value is -1.50. The van der Waals surface area contributed by atoms with Crippen LogP contribution in [0.2, 0.25) is 0 Å². The van der Waals surface area contributed by atoms with Gasteiger partial charge >= 0.3 is 5.76 Å². The van der Waals surface area contributed by atoms with Crippen LogP contribution in [0.4, 0.5) is 8.78 Å². The number of sulfone groups is 1. The summed E-state index contributed by atoms with van der Waals surface area (Å²) in [7, 11) is -4.61. The Morgan fingerprint density at radius 2 is 1.86 bits per heavy atom. The quantitative estimate of drug-likeness (QED) is 0.861. The van der Waals surface area contributed by atoms with Crippen LogP contribution in [0.5, 0.6) is 0 Å². The molecule has 1 unspecified atom stereocenters. The zero-order valence-corrected chi connectivity index (χ0v) is 12.4. The fourth-order valence-electron chi connectivity index (χ4n) is 2.46. The molecule has 1 atom stereocenters. The van der Waals surface area contributed by atoms with Crippen molar-refractivity contribution in [3.8, 4) is 0 Å². The SMILES string of the molecule is CC1CCCCN1C(=O)c1ccc(S(=O)(=O)C(F)F)cc1. The molecular weight excluding hydrogens is 300 g/mol. The van der Waals surface area contributed by atoms with Gasteiger partial charge in [0.05, 0.1) is 4.90 Å². The van der Waals surface area contributed by atoms with E-state index in [-0.39, 0.29) is 11.9 Å². The van der Waals surface area contributed by atoms with Crippen LogP contribution in [0.15, 0.2) is 29.2 Å². The summed E-state index contributed by atoms with van der Waals surface area (Å²) in [4.78, 5) is 13.6. The molecule has 21 heavy (non-hydrogen) atoms. The number of hydrogen-bond donors (Lipinski definition) is 0. The van der Waals surface area contributed by atoms with Crippen LogP contribution >= 0.6 is 0 Å². The van der Waals surface area contributed by atoms with Gasteiger partial charge in [0.25, 0.3) is 5.91 Å². The Labute approximate surface area is 122 Å². The molecule has 7 heteroatoms. The van der Waals surface area contributed by atoms with Crippen LogP contribution in [-0.4, -0.2) is 37.6 Å². The van der Waals surface area contributed by atoms with Crippen LogP contribution < -0.4 is 0 Å². The number of benzene rings is 1. The normalized spacial score (nSPS) is 19.8. The highest BCUT2D eigenvalue weighted by molar-refractivity contribution is 7.91. The molecule has 0 spiro atoms. The number of rotatable bonds is 3. The second-order valence-electron chi connectivity index (χ2n) is 5.17. The number of likely N-dealkylation sites (tertiary alicyclic amines) is 1. The summed E-state index contributed by atoms with van der Waals surface area (Å²) in [6.45, 7) is 2.63. The third kappa shape index (κ3) is 3.23. The molecule has 1 aliphatic heterocycles. The molecule has 0 saturated carbocycles. The van der Waals surface area contributed by atoms with E-state index in [4.69, 9.17) is 0 Å². The molecular formula is C14H17F2NO3S. The van der Waals surface area contributed by atoms with Crippen molar-refractivity contribution in [1.82, 2.24) is 4.90 Å². The average molecular weight is 317 g/mol. The van der Waals surface area contributed by atoms with Crippen LogP contribution in [0.1, 0.15) is 36.5 Å². The number of amides is 1. The number of piperidine rings is 1. The molecule has 0 radical (unpaired) electrons. The molecule has 1 aliphatic rings. The van der Waals surface area contributed by atoms with Gasteiger partial charge in [-0.15, -0.1) is 0 Å². The number of carbonyl (C=O) groups is 1. The lowest BCUT2D eigenvalue weighted by molar-refractivity contribution is 0.0635. The minimum Gasteiger partial charge on any atom is -0.336 e. The number of nitrogens with zero attached hydrogens (tertiary/aromatic N) is 1. The van der Waals surface area contributed by atoms with E-state index < -0.39 is 20.5 Å². The highest BCUT2D eigenvalue weighted by Gasteiger charge is 2.28. The second kappa shape index (κ2) is 6.09. The molecule has 1 aromatic carbocycles. The van der Waals surface area contributed by atoms with Crippen molar-refractivity contribution in [3.63, 3.8) is 0 Å². The van der Waals surface area contributed by atoms with Crippen molar-refractivity contribution in [3.05, 3.63) is 29.8 Å². The Morgan fingerprint density at radius 1 is 1.24 bits per heavy atom. The lowest BCUT2D eigenvalue weighted by Crippen LogP contribution is -2.42. The summed E-state index contributed by atoms with van der Waals surface area (Å²) in [5.74, 6) is -3.65. The third-order valence-corrected chi connectivity index (χ3v) is 5.13. The highest BCUT2D eigenvalue weighted by atomic mass is 32.2. The van der Waals surface area contributed by atoms with E-state index in [1.807, 2.05) is 6.92 Å². The number of hydrogen-bond acceptors (Lipinski definition) is 3. The van der Waals surface area contributed by atoms with E-state index in [1.54, 1.807) is 4.90 Å². The molecule has 1 heterocycles. The molecule has 1 saturated heterocycles. The largest absolute Gasteiger partial charge is 0.341 e. The predicted molar refractivity (Wildman–Crippen MR) is 74.0 cm³/mol. The third-order valence-electron chi connectivity index (χ3n) is 3.73. The van der Waals surface area contributed by atoms with Gasteiger partial charge in [-0.25, -0.2) is 8.42 Å². The van der Waals surface area contributed by atoms with Crippen LogP contribution in [0.25, 0.3) is 0 Å². The first kappa shape index (κ1) is 15.9. The molecule has 0 aromatic heterocycles. The Morgan fingerprint density at radius 3 is 2.38 bits per heavy atom. The Bertz CT molecular complexity index is 614. The van der Waals surface area contributed by atoms with Gasteiger partial charge in [0.2, 0.25) is 9.84 Å². The van der Waals surface area contributed by atoms with Gasteiger partial charge in [0.1, 0.15) is 0 Å². The van der Waals surface area contributed by atoms with Crippen molar-refractivity contribution in [2.75, 3.05) is 6.54 Å². The fraction of sp³-hybridized carbons (Fsp3) is 0.500. The maximum atomic E-state index is 12.4. The van der Waals surface area contributed by atoms with E-state index in [0.717, 1.165) is 31.4 Å². The number of alkyl halides is 2. The molecule has 4 nitrogen and oxygen atoms in total. The summed E-state index contributed by atoms with van der Waals surface area (Å²) in [6.07, 6.45) is 2.95. The van der Waals surface area contributed by atoms with Crippen LogP contribution in [0, 0.1) is 0 Å². The van der Waals surface area contributed by atoms with Gasteiger partial charge in [0, 0.05) is 18.2 Å². The zero-order chi connectivity index (χ0) is 15.6. The van der Waals surface area contributed by atoms with E-state index in [0.29, 0.717) is 12.1 Å². The predicted octanol–water partition coefficient (Wildman–Crippen LogP) is 2.70. The molecule has 116 valence electrons. The van der Waals surface area contributed by atoms with Crippen molar-refractivity contribution in [1.29, 1.82) is 0 Å². The summed E-state index contributed by atoms with van der Waals surface area (Å²) in [6, 6.07) is 4.83. The van der Waals surface area contributed by atoms with Gasteiger partial charge in [0.15, 0.2) is 0 Å². The van der Waals surface area contributed by atoms with E-state index in [1.165, 1.54) is 12.1 Å².